The molecule has 0 unspecified atom stereocenters. The van der Waals surface area contributed by atoms with Gasteiger partial charge >= 0.3 is 0 Å². The molecule has 0 aliphatic rings. The molecule has 0 spiro atoms. The van der Waals surface area contributed by atoms with Crippen molar-refractivity contribution in [2.45, 2.75) is 26.2 Å². The second-order valence-corrected chi connectivity index (χ2v) is 9.07. The molecule has 0 radical (unpaired) electrons. The third-order valence-electron chi connectivity index (χ3n) is 5.66. The van der Waals surface area contributed by atoms with Crippen molar-refractivity contribution in [2.24, 2.45) is 0 Å². The Morgan fingerprint density at radius 1 is 0.688 bits per heavy atom. The molecule has 0 aliphatic carbocycles. The largest absolute Gasteiger partial charge is 0.434 e. The lowest BCUT2D eigenvalue weighted by Crippen LogP contribution is -2.10. The van der Waals surface area contributed by atoms with Gasteiger partial charge in [-0.2, -0.15) is 0 Å². The maximum Gasteiger partial charge on any atom is 0.227 e. The van der Waals surface area contributed by atoms with E-state index in [9.17, 15) is 0 Å². The van der Waals surface area contributed by atoms with Crippen LogP contribution in [0.3, 0.4) is 0 Å². The average molecular weight is 419 g/mol. The van der Waals surface area contributed by atoms with Crippen LogP contribution in [0.25, 0.3) is 33.7 Å². The number of fused-ring (bicyclic) bond motifs is 1. The maximum absolute atomic E-state index is 6.14. The first kappa shape index (κ1) is 20.1. The normalized spacial score (nSPS) is 11.6. The summed E-state index contributed by atoms with van der Waals surface area (Å²) in [6.07, 6.45) is 0. The van der Waals surface area contributed by atoms with Crippen molar-refractivity contribution in [1.82, 2.24) is 4.98 Å². The number of anilines is 2. The van der Waals surface area contributed by atoms with Crippen molar-refractivity contribution in [3.05, 3.63) is 103 Å². The lowest BCUT2D eigenvalue weighted by atomic mass is 9.86. The van der Waals surface area contributed by atoms with E-state index in [1.807, 2.05) is 48.5 Å². The van der Waals surface area contributed by atoms with Gasteiger partial charge in [0.25, 0.3) is 0 Å². The molecule has 1 heterocycles. The van der Waals surface area contributed by atoms with Gasteiger partial charge in [-0.15, -0.1) is 0 Å². The lowest BCUT2D eigenvalue weighted by molar-refractivity contribution is 0.590. The van der Waals surface area contributed by atoms with Gasteiger partial charge in [0.2, 0.25) is 5.89 Å². The summed E-state index contributed by atoms with van der Waals surface area (Å²) in [7, 11) is 0. The summed E-state index contributed by atoms with van der Waals surface area (Å²) in [4.78, 5) is 4.67. The summed E-state index contributed by atoms with van der Waals surface area (Å²) < 4.78 is 6.14. The van der Waals surface area contributed by atoms with E-state index < -0.39 is 0 Å². The molecule has 3 heteroatoms. The monoisotopic (exact) mass is 418 g/mol. The van der Waals surface area contributed by atoms with Gasteiger partial charge in [0, 0.05) is 11.3 Å². The number of aromatic nitrogens is 1. The topological polar surface area (TPSA) is 38.1 Å². The second-order valence-electron chi connectivity index (χ2n) is 9.07. The summed E-state index contributed by atoms with van der Waals surface area (Å²) in [5, 5.41) is 3.52. The Balaban J connectivity index is 1.45. The summed E-state index contributed by atoms with van der Waals surface area (Å²) in [6.45, 7) is 6.71. The quantitative estimate of drug-likeness (QED) is 0.319. The van der Waals surface area contributed by atoms with Crippen LogP contribution in [0.4, 0.5) is 11.4 Å². The molecule has 4 aromatic carbocycles. The maximum atomic E-state index is 6.14. The predicted molar refractivity (Wildman–Crippen MR) is 133 cm³/mol. The third kappa shape index (κ3) is 4.02. The molecule has 0 amide bonds. The first-order valence-electron chi connectivity index (χ1n) is 10.9. The molecular weight excluding hydrogens is 392 g/mol. The van der Waals surface area contributed by atoms with Gasteiger partial charge in [-0.1, -0.05) is 81.4 Å². The highest BCUT2D eigenvalue weighted by molar-refractivity contribution is 5.90. The first-order valence-corrected chi connectivity index (χ1v) is 10.9. The molecule has 1 aromatic heterocycles. The number of hydrogen-bond donors (Lipinski definition) is 1. The molecule has 0 bridgehead atoms. The van der Waals surface area contributed by atoms with Gasteiger partial charge in [0.1, 0.15) is 5.52 Å². The molecule has 0 aliphatic heterocycles. The minimum absolute atomic E-state index is 0.149. The highest BCUT2D eigenvalue weighted by Gasteiger charge is 2.14. The van der Waals surface area contributed by atoms with Crippen molar-refractivity contribution in [1.29, 1.82) is 0 Å². The summed E-state index contributed by atoms with van der Waals surface area (Å²) in [6, 6.07) is 33.3. The number of benzene rings is 4. The third-order valence-corrected chi connectivity index (χ3v) is 5.66. The molecular formula is C29H26N2O. The van der Waals surface area contributed by atoms with Crippen molar-refractivity contribution in [2.75, 3.05) is 5.32 Å². The zero-order valence-electron chi connectivity index (χ0n) is 18.6. The standard InChI is InChI=1S/C29H26N2O/c1-29(2,3)23-17-15-20(16-18-23)22-11-7-12-24(19-22)30-25-13-8-14-26-27(25)32-28(31-26)21-9-5-4-6-10-21/h4-19,30H,1-3H3. The molecule has 0 saturated heterocycles. The smallest absolute Gasteiger partial charge is 0.227 e. The van der Waals surface area contributed by atoms with Crippen molar-refractivity contribution < 1.29 is 4.42 Å². The van der Waals surface area contributed by atoms with Crippen LogP contribution in [-0.4, -0.2) is 4.98 Å². The average Bonchev–Trinajstić information content (AvgIpc) is 3.25. The van der Waals surface area contributed by atoms with E-state index in [-0.39, 0.29) is 5.41 Å². The summed E-state index contributed by atoms with van der Waals surface area (Å²) >= 11 is 0. The number of nitrogens with zero attached hydrogens (tertiary/aromatic N) is 1. The number of para-hydroxylation sites is 1. The summed E-state index contributed by atoms with van der Waals surface area (Å²) in [5.41, 5.74) is 8.32. The SMILES string of the molecule is CC(C)(C)c1ccc(-c2cccc(Nc3cccc4nc(-c5ccccc5)oc34)c2)cc1. The lowest BCUT2D eigenvalue weighted by Gasteiger charge is -2.19. The minimum Gasteiger partial charge on any atom is -0.434 e. The number of hydrogen-bond acceptors (Lipinski definition) is 3. The fourth-order valence-electron chi connectivity index (χ4n) is 3.85. The van der Waals surface area contributed by atoms with E-state index in [2.05, 4.69) is 79.6 Å². The molecule has 1 N–H and O–H groups in total. The van der Waals surface area contributed by atoms with E-state index in [4.69, 9.17) is 4.42 Å². The van der Waals surface area contributed by atoms with Crippen LogP contribution in [-0.2, 0) is 5.41 Å². The van der Waals surface area contributed by atoms with Crippen LogP contribution < -0.4 is 5.32 Å². The van der Waals surface area contributed by atoms with E-state index in [1.54, 1.807) is 0 Å². The van der Waals surface area contributed by atoms with Crippen molar-refractivity contribution in [3.8, 4) is 22.6 Å². The molecule has 32 heavy (non-hydrogen) atoms. The van der Waals surface area contributed by atoms with Crippen LogP contribution in [0.2, 0.25) is 0 Å². The molecule has 158 valence electrons. The molecule has 0 saturated carbocycles. The van der Waals surface area contributed by atoms with Gasteiger partial charge in [0.15, 0.2) is 5.58 Å². The van der Waals surface area contributed by atoms with E-state index >= 15 is 0 Å². The second kappa shape index (κ2) is 8.01. The Morgan fingerprint density at radius 3 is 2.16 bits per heavy atom. The highest BCUT2D eigenvalue weighted by Crippen LogP contribution is 2.32. The van der Waals surface area contributed by atoms with E-state index in [0.717, 1.165) is 28.0 Å². The molecule has 5 rings (SSSR count). The molecule has 5 aromatic rings. The van der Waals surface area contributed by atoms with E-state index in [0.29, 0.717) is 5.89 Å². The summed E-state index contributed by atoms with van der Waals surface area (Å²) in [5.74, 6) is 0.627. The van der Waals surface area contributed by atoms with Gasteiger partial charge in [-0.3, -0.25) is 0 Å². The van der Waals surface area contributed by atoms with Gasteiger partial charge in [-0.05, 0) is 58.5 Å². The Kier molecular flexibility index (Phi) is 5.02. The van der Waals surface area contributed by atoms with Crippen LogP contribution in [0, 0.1) is 0 Å². The molecule has 3 nitrogen and oxygen atoms in total. The minimum atomic E-state index is 0.149. The fraction of sp³-hybridized carbons (Fsp3) is 0.138. The number of nitrogens with one attached hydrogen (secondary N) is 1. The first-order chi connectivity index (χ1) is 15.5. The van der Waals surface area contributed by atoms with Crippen molar-refractivity contribution >= 4 is 22.5 Å². The Morgan fingerprint density at radius 2 is 1.41 bits per heavy atom. The number of oxazole rings is 1. The van der Waals surface area contributed by atoms with Crippen LogP contribution >= 0.6 is 0 Å². The number of rotatable bonds is 4. The zero-order valence-corrected chi connectivity index (χ0v) is 18.6. The van der Waals surface area contributed by atoms with Crippen molar-refractivity contribution in [3.63, 3.8) is 0 Å². The van der Waals surface area contributed by atoms with Crippen LogP contribution in [0.1, 0.15) is 26.3 Å². The fourth-order valence-corrected chi connectivity index (χ4v) is 3.85. The van der Waals surface area contributed by atoms with Gasteiger partial charge in [0.05, 0.1) is 5.69 Å². The van der Waals surface area contributed by atoms with E-state index in [1.165, 1.54) is 16.7 Å². The molecule has 0 atom stereocenters. The Bertz CT molecular complexity index is 1360. The van der Waals surface area contributed by atoms with Gasteiger partial charge in [-0.25, -0.2) is 4.98 Å². The van der Waals surface area contributed by atoms with Gasteiger partial charge < -0.3 is 9.73 Å². The van der Waals surface area contributed by atoms with Crippen LogP contribution in [0.15, 0.2) is 101 Å². The Labute approximate surface area is 188 Å². The molecule has 0 fully saturated rings. The predicted octanol–water partition coefficient (Wildman–Crippen LogP) is 8.20. The zero-order chi connectivity index (χ0) is 22.1. The highest BCUT2D eigenvalue weighted by atomic mass is 16.3. The van der Waals surface area contributed by atoms with Crippen LogP contribution in [0.5, 0.6) is 0 Å². The Hall–Kier alpha value is -3.85.